The van der Waals surface area contributed by atoms with Crippen molar-refractivity contribution < 1.29 is 14.0 Å². The quantitative estimate of drug-likeness (QED) is 0.437. The number of nitrogens with zero attached hydrogens (tertiary/aromatic N) is 1. The van der Waals surface area contributed by atoms with Gasteiger partial charge in [0, 0.05) is 29.6 Å². The molecule has 0 aliphatic heterocycles. The van der Waals surface area contributed by atoms with Crippen molar-refractivity contribution in [2.75, 3.05) is 6.54 Å². The van der Waals surface area contributed by atoms with Crippen LogP contribution in [0.25, 0.3) is 0 Å². The molecule has 1 N–H and O–H groups in total. The monoisotopic (exact) mass is 486 g/mol. The average molecular weight is 487 g/mol. The summed E-state index contributed by atoms with van der Waals surface area (Å²) in [6.45, 7) is 2.39. The molecule has 33 heavy (non-hydrogen) atoms. The van der Waals surface area contributed by atoms with Crippen molar-refractivity contribution in [1.29, 1.82) is 0 Å². The maximum absolute atomic E-state index is 13.6. The van der Waals surface area contributed by atoms with Gasteiger partial charge in [0.1, 0.15) is 11.9 Å². The van der Waals surface area contributed by atoms with E-state index in [1.54, 1.807) is 30.3 Å². The number of likely N-dealkylation sites (N-methyl/N-ethyl adjacent to an activating group) is 1. The zero-order chi connectivity index (χ0) is 23.8. The fourth-order valence-corrected chi connectivity index (χ4v) is 4.12. The van der Waals surface area contributed by atoms with Crippen molar-refractivity contribution in [2.24, 2.45) is 0 Å². The molecule has 3 aromatic carbocycles. The predicted octanol–water partition coefficient (Wildman–Crippen LogP) is 5.45. The summed E-state index contributed by atoms with van der Waals surface area (Å²) >= 11 is 12.6. The molecule has 172 valence electrons. The van der Waals surface area contributed by atoms with Gasteiger partial charge in [-0.2, -0.15) is 0 Å². The fraction of sp³-hybridized carbons (Fsp3) is 0.231. The maximum atomic E-state index is 13.6. The molecule has 0 bridgehead atoms. The Morgan fingerprint density at radius 3 is 2.15 bits per heavy atom. The Bertz CT molecular complexity index is 1070. The van der Waals surface area contributed by atoms with Crippen LogP contribution in [0, 0.1) is 5.82 Å². The smallest absolute Gasteiger partial charge is 0.243 e. The lowest BCUT2D eigenvalue weighted by molar-refractivity contribution is -0.140. The Balaban J connectivity index is 1.98. The largest absolute Gasteiger partial charge is 0.355 e. The SMILES string of the molecule is CCNC(=O)[C@@H](Cc1ccccc1)N(Cc1ccc(F)cc1)C(=O)Cc1c(Cl)cccc1Cl. The number of carbonyl (C=O) groups excluding carboxylic acids is 2. The first-order valence-corrected chi connectivity index (χ1v) is 11.4. The molecule has 0 heterocycles. The zero-order valence-corrected chi connectivity index (χ0v) is 19.7. The summed E-state index contributed by atoms with van der Waals surface area (Å²) in [6.07, 6.45) is 0.264. The van der Waals surface area contributed by atoms with Crippen LogP contribution in [0.2, 0.25) is 10.0 Å². The minimum atomic E-state index is -0.772. The number of hydrogen-bond donors (Lipinski definition) is 1. The van der Waals surface area contributed by atoms with Gasteiger partial charge in [-0.25, -0.2) is 4.39 Å². The van der Waals surface area contributed by atoms with E-state index in [9.17, 15) is 14.0 Å². The Kier molecular flexibility index (Phi) is 8.87. The summed E-state index contributed by atoms with van der Waals surface area (Å²) in [5.74, 6) is -0.937. The van der Waals surface area contributed by atoms with Crippen molar-refractivity contribution in [3.05, 3.63) is 105 Å². The average Bonchev–Trinajstić information content (AvgIpc) is 2.80. The molecule has 0 spiro atoms. The first-order valence-electron chi connectivity index (χ1n) is 10.7. The van der Waals surface area contributed by atoms with E-state index >= 15 is 0 Å². The Morgan fingerprint density at radius 1 is 0.909 bits per heavy atom. The van der Waals surface area contributed by atoms with Crippen molar-refractivity contribution in [3.8, 4) is 0 Å². The Morgan fingerprint density at radius 2 is 1.55 bits per heavy atom. The van der Waals surface area contributed by atoms with E-state index in [2.05, 4.69) is 5.32 Å². The topological polar surface area (TPSA) is 49.4 Å². The highest BCUT2D eigenvalue weighted by Gasteiger charge is 2.30. The second kappa shape index (κ2) is 11.8. The lowest BCUT2D eigenvalue weighted by atomic mass is 10.0. The summed E-state index contributed by atoms with van der Waals surface area (Å²) in [5, 5.41) is 3.61. The third-order valence-electron chi connectivity index (χ3n) is 5.28. The van der Waals surface area contributed by atoms with Crippen LogP contribution in [-0.4, -0.2) is 29.3 Å². The molecule has 0 aliphatic rings. The second-order valence-electron chi connectivity index (χ2n) is 7.63. The van der Waals surface area contributed by atoms with Crippen LogP contribution in [0.4, 0.5) is 4.39 Å². The van der Waals surface area contributed by atoms with Gasteiger partial charge < -0.3 is 10.2 Å². The normalized spacial score (nSPS) is 11.6. The molecule has 0 unspecified atom stereocenters. The molecule has 0 aromatic heterocycles. The van der Waals surface area contributed by atoms with E-state index in [0.29, 0.717) is 34.1 Å². The van der Waals surface area contributed by atoms with Crippen LogP contribution in [0.15, 0.2) is 72.8 Å². The van der Waals surface area contributed by atoms with Crippen LogP contribution >= 0.6 is 23.2 Å². The van der Waals surface area contributed by atoms with E-state index < -0.39 is 6.04 Å². The van der Waals surface area contributed by atoms with Crippen LogP contribution in [0.5, 0.6) is 0 Å². The fourth-order valence-electron chi connectivity index (χ4n) is 3.59. The molecular weight excluding hydrogens is 462 g/mol. The van der Waals surface area contributed by atoms with E-state index in [1.165, 1.54) is 17.0 Å². The molecule has 3 rings (SSSR count). The molecule has 0 aliphatic carbocycles. The number of nitrogens with one attached hydrogen (secondary N) is 1. The third kappa shape index (κ3) is 6.80. The van der Waals surface area contributed by atoms with Gasteiger partial charge in [0.15, 0.2) is 0 Å². The number of carbonyl (C=O) groups is 2. The van der Waals surface area contributed by atoms with Crippen molar-refractivity contribution >= 4 is 35.0 Å². The van der Waals surface area contributed by atoms with Gasteiger partial charge in [0.25, 0.3) is 0 Å². The zero-order valence-electron chi connectivity index (χ0n) is 18.2. The van der Waals surface area contributed by atoms with E-state index in [0.717, 1.165) is 5.56 Å². The highest BCUT2D eigenvalue weighted by atomic mass is 35.5. The maximum Gasteiger partial charge on any atom is 0.243 e. The molecule has 4 nitrogen and oxygen atoms in total. The van der Waals surface area contributed by atoms with Gasteiger partial charge in [-0.3, -0.25) is 9.59 Å². The summed E-state index contributed by atoms with van der Waals surface area (Å²) in [7, 11) is 0. The summed E-state index contributed by atoms with van der Waals surface area (Å²) in [6, 6.07) is 19.7. The standard InChI is InChI=1S/C26H25Cl2FN2O2/c1-2-30-26(33)24(15-18-7-4-3-5-8-18)31(17-19-11-13-20(29)14-12-19)25(32)16-21-22(27)9-6-10-23(21)28/h3-14,24H,2,15-17H2,1H3,(H,30,33)/t24-/m1/s1. The second-order valence-corrected chi connectivity index (χ2v) is 8.44. The Hall–Kier alpha value is -2.89. The number of rotatable bonds is 9. The van der Waals surface area contributed by atoms with Gasteiger partial charge in [-0.1, -0.05) is 71.7 Å². The lowest BCUT2D eigenvalue weighted by Crippen LogP contribution is -2.51. The van der Waals surface area contributed by atoms with Gasteiger partial charge in [0.2, 0.25) is 11.8 Å². The molecule has 3 aromatic rings. The molecule has 0 fully saturated rings. The number of amides is 2. The number of benzene rings is 3. The highest BCUT2D eigenvalue weighted by molar-refractivity contribution is 6.36. The lowest BCUT2D eigenvalue weighted by Gasteiger charge is -2.31. The van der Waals surface area contributed by atoms with Crippen LogP contribution in [-0.2, 0) is 29.0 Å². The first-order chi connectivity index (χ1) is 15.9. The molecule has 7 heteroatoms. The molecule has 1 atom stereocenters. The molecule has 2 amide bonds. The van der Waals surface area contributed by atoms with Crippen LogP contribution < -0.4 is 5.32 Å². The number of hydrogen-bond acceptors (Lipinski definition) is 2. The summed E-state index contributed by atoms with van der Waals surface area (Å²) < 4.78 is 13.5. The number of halogens is 3. The summed E-state index contributed by atoms with van der Waals surface area (Å²) in [4.78, 5) is 28.2. The van der Waals surface area contributed by atoms with Crippen LogP contribution in [0.3, 0.4) is 0 Å². The van der Waals surface area contributed by atoms with Gasteiger partial charge in [-0.15, -0.1) is 0 Å². The third-order valence-corrected chi connectivity index (χ3v) is 5.99. The van der Waals surface area contributed by atoms with Crippen molar-refractivity contribution in [3.63, 3.8) is 0 Å². The van der Waals surface area contributed by atoms with Crippen LogP contribution in [0.1, 0.15) is 23.6 Å². The molecule has 0 saturated heterocycles. The predicted molar refractivity (Wildman–Crippen MR) is 130 cm³/mol. The van der Waals surface area contributed by atoms with E-state index in [4.69, 9.17) is 23.2 Å². The molecule has 0 saturated carbocycles. The minimum Gasteiger partial charge on any atom is -0.355 e. The van der Waals surface area contributed by atoms with E-state index in [-0.39, 0.29) is 30.6 Å². The minimum absolute atomic E-state index is 0.0651. The molecule has 0 radical (unpaired) electrons. The van der Waals surface area contributed by atoms with Gasteiger partial charge in [-0.05, 0) is 47.9 Å². The first kappa shape index (κ1) is 24.7. The summed E-state index contributed by atoms with van der Waals surface area (Å²) in [5.41, 5.74) is 2.13. The van der Waals surface area contributed by atoms with Crippen molar-refractivity contribution in [1.82, 2.24) is 10.2 Å². The van der Waals surface area contributed by atoms with Gasteiger partial charge in [0.05, 0.1) is 6.42 Å². The highest BCUT2D eigenvalue weighted by Crippen LogP contribution is 2.26. The van der Waals surface area contributed by atoms with E-state index in [1.807, 2.05) is 37.3 Å². The van der Waals surface area contributed by atoms with Crippen molar-refractivity contribution in [2.45, 2.75) is 32.4 Å². The van der Waals surface area contributed by atoms with Gasteiger partial charge >= 0.3 is 0 Å². The Labute approximate surface area is 203 Å². The molecular formula is C26H25Cl2FN2O2.